The van der Waals surface area contributed by atoms with Crippen molar-refractivity contribution in [2.24, 2.45) is 0 Å². The molecule has 0 amide bonds. The molecule has 1 unspecified atom stereocenters. The van der Waals surface area contributed by atoms with E-state index in [4.69, 9.17) is 0 Å². The van der Waals surface area contributed by atoms with Gasteiger partial charge >= 0.3 is 0 Å². The summed E-state index contributed by atoms with van der Waals surface area (Å²) in [7, 11) is 1.96. The average Bonchev–Trinajstić information content (AvgIpc) is 2.74. The summed E-state index contributed by atoms with van der Waals surface area (Å²) in [6.45, 7) is 7.00. The lowest BCUT2D eigenvalue weighted by Gasteiger charge is -2.20. The van der Waals surface area contributed by atoms with Crippen LogP contribution in [0.1, 0.15) is 35.6 Å². The maximum absolute atomic E-state index is 4.55. The molecule has 102 valence electrons. The predicted octanol–water partition coefficient (Wildman–Crippen LogP) is 2.99. The minimum atomic E-state index is 0.0879. The molecule has 0 saturated carbocycles. The Balaban J connectivity index is 2.52. The van der Waals surface area contributed by atoms with Gasteiger partial charge in [-0.05, 0) is 55.4 Å². The van der Waals surface area contributed by atoms with Crippen molar-refractivity contribution < 1.29 is 0 Å². The first-order chi connectivity index (χ1) is 9.08. The molecule has 0 aromatic carbocycles. The zero-order valence-corrected chi connectivity index (χ0v) is 13.3. The minimum Gasteiger partial charge on any atom is -0.308 e. The fourth-order valence-electron chi connectivity index (χ4n) is 2.35. The van der Waals surface area contributed by atoms with Crippen LogP contribution in [0.3, 0.4) is 0 Å². The molecule has 5 heteroatoms. The largest absolute Gasteiger partial charge is 0.308 e. The molecule has 19 heavy (non-hydrogen) atoms. The van der Waals surface area contributed by atoms with Crippen molar-refractivity contribution in [2.45, 2.75) is 33.4 Å². The van der Waals surface area contributed by atoms with Crippen LogP contribution >= 0.6 is 15.9 Å². The van der Waals surface area contributed by atoms with Crippen LogP contribution in [0, 0.1) is 13.8 Å². The second-order valence-corrected chi connectivity index (χ2v) is 5.40. The lowest BCUT2D eigenvalue weighted by molar-refractivity contribution is 0.559. The number of halogens is 1. The molecule has 2 aromatic heterocycles. The molecule has 2 rings (SSSR count). The van der Waals surface area contributed by atoms with Gasteiger partial charge in [0.15, 0.2) is 0 Å². The Hall–Kier alpha value is -1.20. The van der Waals surface area contributed by atoms with E-state index in [2.05, 4.69) is 44.3 Å². The lowest BCUT2D eigenvalue weighted by atomic mass is 10.0. The van der Waals surface area contributed by atoms with E-state index in [9.17, 15) is 0 Å². The van der Waals surface area contributed by atoms with E-state index < -0.39 is 0 Å². The van der Waals surface area contributed by atoms with Crippen LogP contribution in [0.2, 0.25) is 0 Å². The third-order valence-electron chi connectivity index (χ3n) is 3.27. The summed E-state index contributed by atoms with van der Waals surface area (Å²) >= 11 is 3.59. The molecule has 2 aromatic rings. The smallest absolute Gasteiger partial charge is 0.0775 e. The molecule has 0 aliphatic carbocycles. The molecule has 0 aliphatic rings. The Morgan fingerprint density at radius 3 is 2.68 bits per heavy atom. The van der Waals surface area contributed by atoms with E-state index >= 15 is 0 Å². The summed E-state index contributed by atoms with van der Waals surface area (Å²) in [5.41, 5.74) is 4.41. The summed E-state index contributed by atoms with van der Waals surface area (Å²) < 4.78 is 3.03. The van der Waals surface area contributed by atoms with E-state index in [1.807, 2.05) is 37.8 Å². The SMILES string of the molecule is CCn1ncc(Br)c1C(NC)c1ccc(C)nc1C. The number of nitrogens with one attached hydrogen (secondary N) is 1. The summed E-state index contributed by atoms with van der Waals surface area (Å²) in [6.07, 6.45) is 1.85. The van der Waals surface area contributed by atoms with Crippen LogP contribution in [0.25, 0.3) is 0 Å². The van der Waals surface area contributed by atoms with Crippen molar-refractivity contribution in [1.82, 2.24) is 20.1 Å². The first-order valence-corrected chi connectivity index (χ1v) is 7.20. The van der Waals surface area contributed by atoms with Gasteiger partial charge in [0.2, 0.25) is 0 Å². The predicted molar refractivity (Wildman–Crippen MR) is 80.2 cm³/mol. The number of nitrogens with zero attached hydrogens (tertiary/aromatic N) is 3. The molecule has 1 atom stereocenters. The Bertz CT molecular complexity index is 577. The minimum absolute atomic E-state index is 0.0879. The Morgan fingerprint density at radius 2 is 2.11 bits per heavy atom. The zero-order chi connectivity index (χ0) is 14.0. The molecule has 1 N–H and O–H groups in total. The Labute approximate surface area is 122 Å². The molecule has 0 aliphatic heterocycles. The Morgan fingerprint density at radius 1 is 1.37 bits per heavy atom. The van der Waals surface area contributed by atoms with Gasteiger partial charge in [-0.2, -0.15) is 5.10 Å². The van der Waals surface area contributed by atoms with Crippen molar-refractivity contribution in [3.8, 4) is 0 Å². The quantitative estimate of drug-likeness (QED) is 0.941. The number of aromatic nitrogens is 3. The number of aryl methyl sites for hydroxylation is 3. The molecule has 0 radical (unpaired) electrons. The van der Waals surface area contributed by atoms with E-state index in [0.29, 0.717) is 0 Å². The van der Waals surface area contributed by atoms with Gasteiger partial charge < -0.3 is 5.32 Å². The fourth-order valence-corrected chi connectivity index (χ4v) is 2.88. The van der Waals surface area contributed by atoms with E-state index in [1.54, 1.807) is 0 Å². The topological polar surface area (TPSA) is 42.7 Å². The van der Waals surface area contributed by atoms with Gasteiger partial charge in [0, 0.05) is 17.9 Å². The maximum atomic E-state index is 4.55. The molecule has 0 fully saturated rings. The number of rotatable bonds is 4. The van der Waals surface area contributed by atoms with Gasteiger partial charge in [-0.1, -0.05) is 6.07 Å². The molecule has 0 saturated heterocycles. The van der Waals surface area contributed by atoms with Gasteiger partial charge in [0.25, 0.3) is 0 Å². The summed E-state index contributed by atoms with van der Waals surface area (Å²) in [6, 6.07) is 4.27. The van der Waals surface area contributed by atoms with Gasteiger partial charge in [0.05, 0.1) is 22.4 Å². The van der Waals surface area contributed by atoms with Crippen molar-refractivity contribution in [3.05, 3.63) is 45.4 Å². The number of hydrogen-bond donors (Lipinski definition) is 1. The highest BCUT2D eigenvalue weighted by molar-refractivity contribution is 9.10. The standard InChI is InChI=1S/C14H19BrN4/c1-5-19-14(12(15)8-17-19)13(16-4)11-7-6-9(2)18-10(11)3/h6-8,13,16H,5H2,1-4H3. The summed E-state index contributed by atoms with van der Waals surface area (Å²) in [5, 5.41) is 7.75. The van der Waals surface area contributed by atoms with Crippen molar-refractivity contribution in [1.29, 1.82) is 0 Å². The van der Waals surface area contributed by atoms with E-state index in [0.717, 1.165) is 28.1 Å². The maximum Gasteiger partial charge on any atom is 0.0775 e. The van der Waals surface area contributed by atoms with Crippen LogP contribution in [0.5, 0.6) is 0 Å². The van der Waals surface area contributed by atoms with E-state index in [1.165, 1.54) is 5.56 Å². The molecule has 0 spiro atoms. The first-order valence-electron chi connectivity index (χ1n) is 6.41. The molecular weight excluding hydrogens is 304 g/mol. The lowest BCUT2D eigenvalue weighted by Crippen LogP contribution is -2.23. The van der Waals surface area contributed by atoms with Gasteiger partial charge in [0.1, 0.15) is 0 Å². The van der Waals surface area contributed by atoms with Crippen LogP contribution in [-0.2, 0) is 6.54 Å². The summed E-state index contributed by atoms with van der Waals surface area (Å²) in [5.74, 6) is 0. The van der Waals surface area contributed by atoms with Crippen LogP contribution in [-0.4, -0.2) is 21.8 Å². The van der Waals surface area contributed by atoms with Crippen molar-refractivity contribution >= 4 is 15.9 Å². The van der Waals surface area contributed by atoms with Crippen LogP contribution in [0.4, 0.5) is 0 Å². The third kappa shape index (κ3) is 2.72. The second kappa shape index (κ2) is 5.84. The number of pyridine rings is 1. The number of hydrogen-bond acceptors (Lipinski definition) is 3. The molecule has 0 bridgehead atoms. The highest BCUT2D eigenvalue weighted by Crippen LogP contribution is 2.29. The van der Waals surface area contributed by atoms with Crippen LogP contribution in [0.15, 0.2) is 22.8 Å². The van der Waals surface area contributed by atoms with Crippen molar-refractivity contribution in [2.75, 3.05) is 7.05 Å². The van der Waals surface area contributed by atoms with E-state index in [-0.39, 0.29) is 6.04 Å². The first kappa shape index (κ1) is 14.2. The molecule has 2 heterocycles. The molecule has 4 nitrogen and oxygen atoms in total. The Kier molecular flexibility index (Phi) is 4.37. The van der Waals surface area contributed by atoms with Gasteiger partial charge in [-0.25, -0.2) is 0 Å². The fraction of sp³-hybridized carbons (Fsp3) is 0.429. The highest BCUT2D eigenvalue weighted by atomic mass is 79.9. The normalized spacial score (nSPS) is 12.7. The monoisotopic (exact) mass is 322 g/mol. The second-order valence-electron chi connectivity index (χ2n) is 4.54. The van der Waals surface area contributed by atoms with Crippen molar-refractivity contribution in [3.63, 3.8) is 0 Å². The summed E-state index contributed by atoms with van der Waals surface area (Å²) in [4.78, 5) is 4.55. The van der Waals surface area contributed by atoms with Gasteiger partial charge in [-0.3, -0.25) is 9.67 Å². The van der Waals surface area contributed by atoms with Crippen LogP contribution < -0.4 is 5.32 Å². The van der Waals surface area contributed by atoms with Gasteiger partial charge in [-0.15, -0.1) is 0 Å². The highest BCUT2D eigenvalue weighted by Gasteiger charge is 2.21. The average molecular weight is 323 g/mol. The molecular formula is C14H19BrN4. The third-order valence-corrected chi connectivity index (χ3v) is 3.88. The zero-order valence-electron chi connectivity index (χ0n) is 11.7.